The summed E-state index contributed by atoms with van der Waals surface area (Å²) in [6.07, 6.45) is 3.33. The molecule has 0 spiro atoms. The lowest BCUT2D eigenvalue weighted by atomic mass is 10.1. The van der Waals surface area contributed by atoms with E-state index in [1.165, 1.54) is 17.8 Å². The van der Waals surface area contributed by atoms with Crippen LogP contribution in [0.3, 0.4) is 0 Å². The molecule has 0 radical (unpaired) electrons. The number of nitrogens with one attached hydrogen (secondary N) is 1. The minimum Gasteiger partial charge on any atom is -0.377 e. The van der Waals surface area contributed by atoms with E-state index in [4.69, 9.17) is 0 Å². The van der Waals surface area contributed by atoms with Gasteiger partial charge in [0.25, 0.3) is 5.69 Å². The molecule has 1 aromatic heterocycles. The van der Waals surface area contributed by atoms with Crippen LogP contribution in [0, 0.1) is 23.0 Å². The number of nitro benzene ring substituents is 1. The molecule has 6 heteroatoms. The van der Waals surface area contributed by atoms with Gasteiger partial charge in [-0.05, 0) is 38.2 Å². The third kappa shape index (κ3) is 2.47. The van der Waals surface area contributed by atoms with Crippen LogP contribution in [-0.2, 0) is 0 Å². The summed E-state index contributed by atoms with van der Waals surface area (Å²) in [7, 11) is 0. The first-order valence-electron chi connectivity index (χ1n) is 6.85. The van der Waals surface area contributed by atoms with Gasteiger partial charge in [0.2, 0.25) is 0 Å². The quantitative estimate of drug-likeness (QED) is 0.682. The lowest BCUT2D eigenvalue weighted by Crippen LogP contribution is -2.16. The number of fused-ring (bicyclic) bond motifs is 1. The standard InChI is InChI=1S/C14H17N3O2S/c1-8-3-4-10(5-8)16-11-6-12-14(20-9(2)15-12)7-13(11)17(18)19/h6-8,10,16H,3-5H2,1-2H3. The third-order valence-corrected chi connectivity index (χ3v) is 4.80. The fourth-order valence-corrected chi connectivity index (χ4v) is 3.75. The molecule has 1 aromatic carbocycles. The molecule has 1 N–H and O–H groups in total. The van der Waals surface area contributed by atoms with Crippen molar-refractivity contribution in [3.8, 4) is 0 Å². The number of hydrogen-bond donors (Lipinski definition) is 1. The van der Waals surface area contributed by atoms with E-state index in [0.717, 1.165) is 28.1 Å². The summed E-state index contributed by atoms with van der Waals surface area (Å²) >= 11 is 1.49. The van der Waals surface area contributed by atoms with Crippen molar-refractivity contribution >= 4 is 32.9 Å². The van der Waals surface area contributed by atoms with Gasteiger partial charge >= 0.3 is 0 Å². The fourth-order valence-electron chi connectivity index (χ4n) is 2.90. The SMILES string of the molecule is Cc1nc2cc(NC3CCC(C)C3)c([N+](=O)[O-])cc2s1. The van der Waals surface area contributed by atoms with Crippen LogP contribution < -0.4 is 5.32 Å². The Morgan fingerprint density at radius 3 is 2.90 bits per heavy atom. The molecule has 0 aliphatic heterocycles. The van der Waals surface area contributed by atoms with Crippen LogP contribution in [0.4, 0.5) is 11.4 Å². The van der Waals surface area contributed by atoms with Crippen molar-refractivity contribution in [3.63, 3.8) is 0 Å². The fraction of sp³-hybridized carbons (Fsp3) is 0.500. The third-order valence-electron chi connectivity index (χ3n) is 3.86. The maximum Gasteiger partial charge on any atom is 0.293 e. The smallest absolute Gasteiger partial charge is 0.293 e. The number of aromatic nitrogens is 1. The molecule has 0 amide bonds. The molecule has 1 heterocycles. The Labute approximate surface area is 121 Å². The molecule has 5 nitrogen and oxygen atoms in total. The largest absolute Gasteiger partial charge is 0.377 e. The molecule has 1 saturated carbocycles. The van der Waals surface area contributed by atoms with Crippen LogP contribution in [-0.4, -0.2) is 15.9 Å². The normalized spacial score (nSPS) is 22.3. The van der Waals surface area contributed by atoms with Crippen molar-refractivity contribution in [3.05, 3.63) is 27.3 Å². The second-order valence-electron chi connectivity index (χ2n) is 5.59. The topological polar surface area (TPSA) is 68.1 Å². The minimum absolute atomic E-state index is 0.153. The highest BCUT2D eigenvalue weighted by Crippen LogP contribution is 2.35. The highest BCUT2D eigenvalue weighted by Gasteiger charge is 2.24. The van der Waals surface area contributed by atoms with Gasteiger partial charge in [-0.15, -0.1) is 11.3 Å². The predicted octanol–water partition coefficient (Wildman–Crippen LogP) is 4.11. The van der Waals surface area contributed by atoms with Gasteiger partial charge in [0.15, 0.2) is 0 Å². The van der Waals surface area contributed by atoms with Gasteiger partial charge in [0.1, 0.15) is 5.69 Å². The van der Waals surface area contributed by atoms with Gasteiger partial charge in [-0.1, -0.05) is 6.92 Å². The Hall–Kier alpha value is -1.69. The van der Waals surface area contributed by atoms with Crippen molar-refractivity contribution < 1.29 is 4.92 Å². The zero-order valence-corrected chi connectivity index (χ0v) is 12.4. The Morgan fingerprint density at radius 1 is 1.45 bits per heavy atom. The van der Waals surface area contributed by atoms with Crippen LogP contribution in [0.1, 0.15) is 31.2 Å². The van der Waals surface area contributed by atoms with Crippen LogP contribution in [0.15, 0.2) is 12.1 Å². The number of nitro groups is 1. The molecule has 0 saturated heterocycles. The van der Waals surface area contributed by atoms with Crippen molar-refractivity contribution in [2.45, 2.75) is 39.2 Å². The molecule has 1 aliphatic carbocycles. The monoisotopic (exact) mass is 291 g/mol. The molecule has 2 atom stereocenters. The van der Waals surface area contributed by atoms with Gasteiger partial charge < -0.3 is 5.32 Å². The lowest BCUT2D eigenvalue weighted by molar-refractivity contribution is -0.383. The van der Waals surface area contributed by atoms with Crippen LogP contribution in [0.5, 0.6) is 0 Å². The molecule has 3 rings (SSSR count). The van der Waals surface area contributed by atoms with E-state index in [-0.39, 0.29) is 10.6 Å². The van der Waals surface area contributed by atoms with Crippen LogP contribution >= 0.6 is 11.3 Å². The first-order chi connectivity index (χ1) is 9.52. The number of benzene rings is 1. The van der Waals surface area contributed by atoms with E-state index >= 15 is 0 Å². The average molecular weight is 291 g/mol. The van der Waals surface area contributed by atoms with E-state index in [0.29, 0.717) is 17.6 Å². The maximum atomic E-state index is 11.3. The minimum atomic E-state index is -0.310. The van der Waals surface area contributed by atoms with Gasteiger partial charge in [0.05, 0.1) is 20.1 Å². The van der Waals surface area contributed by atoms with Gasteiger partial charge in [-0.3, -0.25) is 10.1 Å². The van der Waals surface area contributed by atoms with E-state index in [9.17, 15) is 10.1 Å². The highest BCUT2D eigenvalue weighted by atomic mass is 32.1. The zero-order valence-electron chi connectivity index (χ0n) is 11.5. The second kappa shape index (κ2) is 5.01. The first-order valence-corrected chi connectivity index (χ1v) is 7.66. The van der Waals surface area contributed by atoms with Crippen molar-refractivity contribution in [1.82, 2.24) is 4.98 Å². The summed E-state index contributed by atoms with van der Waals surface area (Å²) in [5.74, 6) is 0.691. The molecule has 1 aliphatic rings. The van der Waals surface area contributed by atoms with Gasteiger partial charge in [0, 0.05) is 12.1 Å². The molecule has 2 unspecified atom stereocenters. The van der Waals surface area contributed by atoms with Crippen LogP contribution in [0.25, 0.3) is 10.2 Å². The van der Waals surface area contributed by atoms with Crippen molar-refractivity contribution in [1.29, 1.82) is 0 Å². The van der Waals surface area contributed by atoms with Gasteiger partial charge in [-0.25, -0.2) is 4.98 Å². The molecule has 106 valence electrons. The molecule has 0 bridgehead atoms. The van der Waals surface area contributed by atoms with E-state index in [1.54, 1.807) is 6.07 Å². The van der Waals surface area contributed by atoms with Crippen molar-refractivity contribution in [2.24, 2.45) is 5.92 Å². The Balaban J connectivity index is 1.98. The lowest BCUT2D eigenvalue weighted by Gasteiger charge is -2.14. The highest BCUT2D eigenvalue weighted by molar-refractivity contribution is 7.18. The summed E-state index contributed by atoms with van der Waals surface area (Å²) in [4.78, 5) is 15.4. The Bertz CT molecular complexity index is 668. The summed E-state index contributed by atoms with van der Waals surface area (Å²) in [5.41, 5.74) is 1.60. The Morgan fingerprint density at radius 2 is 2.25 bits per heavy atom. The maximum absolute atomic E-state index is 11.3. The zero-order chi connectivity index (χ0) is 14.3. The molecule has 20 heavy (non-hydrogen) atoms. The van der Waals surface area contributed by atoms with E-state index < -0.39 is 0 Å². The summed E-state index contributed by atoms with van der Waals surface area (Å²) in [6, 6.07) is 3.79. The van der Waals surface area contributed by atoms with Crippen LogP contribution in [0.2, 0.25) is 0 Å². The number of rotatable bonds is 3. The first kappa shape index (κ1) is 13.3. The number of aryl methyl sites for hydroxylation is 1. The predicted molar refractivity (Wildman–Crippen MR) is 81.4 cm³/mol. The van der Waals surface area contributed by atoms with E-state index in [2.05, 4.69) is 17.2 Å². The molecular weight excluding hydrogens is 274 g/mol. The molecule has 1 fully saturated rings. The van der Waals surface area contributed by atoms with Crippen molar-refractivity contribution in [2.75, 3.05) is 5.32 Å². The van der Waals surface area contributed by atoms with E-state index in [1.807, 2.05) is 13.0 Å². The molecular formula is C14H17N3O2S. The number of thiazole rings is 1. The summed E-state index contributed by atoms with van der Waals surface area (Å²) in [5, 5.41) is 15.5. The molecule has 2 aromatic rings. The number of hydrogen-bond acceptors (Lipinski definition) is 5. The number of nitrogens with zero attached hydrogens (tertiary/aromatic N) is 2. The average Bonchev–Trinajstić information content (AvgIpc) is 2.92. The number of anilines is 1. The van der Waals surface area contributed by atoms with Gasteiger partial charge in [-0.2, -0.15) is 0 Å². The summed E-state index contributed by atoms with van der Waals surface area (Å²) < 4.78 is 0.875. The second-order valence-corrected chi connectivity index (χ2v) is 6.82. The Kier molecular flexibility index (Phi) is 3.33. The summed E-state index contributed by atoms with van der Waals surface area (Å²) in [6.45, 7) is 4.14.